The van der Waals surface area contributed by atoms with Gasteiger partial charge in [0, 0.05) is 0 Å². The number of nitrogens with one attached hydrogen (secondary N) is 1. The molecule has 1 aliphatic rings. The van der Waals surface area contributed by atoms with Gasteiger partial charge in [-0.1, -0.05) is 213 Å². The van der Waals surface area contributed by atoms with Crippen LogP contribution in [-0.4, -0.2) is 110 Å². The molecule has 58 heavy (non-hydrogen) atoms. The van der Waals surface area contributed by atoms with Crippen LogP contribution in [0, 0.1) is 0 Å². The van der Waals surface area contributed by atoms with Crippen LogP contribution in [0.4, 0.5) is 0 Å². The number of rotatable bonds is 41. The molecular weight excluding hydrogens is 739 g/mol. The van der Waals surface area contributed by atoms with Gasteiger partial charge >= 0.3 is 0 Å². The molecule has 1 fully saturated rings. The van der Waals surface area contributed by atoms with Gasteiger partial charge in [0.1, 0.15) is 36.6 Å². The Morgan fingerprint density at radius 3 is 1.28 bits per heavy atom. The van der Waals surface area contributed by atoms with Gasteiger partial charge in [-0.3, -0.25) is 4.79 Å². The second-order valence-electron chi connectivity index (χ2n) is 17.5. The molecule has 0 bridgehead atoms. The molecule has 0 aromatic carbocycles. The Morgan fingerprint density at radius 1 is 0.534 bits per heavy atom. The van der Waals surface area contributed by atoms with E-state index >= 15 is 0 Å². The number of hydrogen-bond acceptors (Lipinski definition) is 10. The summed E-state index contributed by atoms with van der Waals surface area (Å²) in [5.74, 6) is -0.697. The zero-order chi connectivity index (χ0) is 42.6. The zero-order valence-electron chi connectivity index (χ0n) is 37.3. The molecule has 0 spiro atoms. The summed E-state index contributed by atoms with van der Waals surface area (Å²) in [7, 11) is 0. The summed E-state index contributed by atoms with van der Waals surface area (Å²) in [5.41, 5.74) is 0. The molecule has 346 valence electrons. The Balaban J connectivity index is 2.34. The first-order valence-electron chi connectivity index (χ1n) is 24.4. The minimum atomic E-state index is -1.66. The van der Waals surface area contributed by atoms with E-state index in [4.69, 9.17) is 9.47 Å². The average molecular weight is 832 g/mol. The number of amides is 1. The summed E-state index contributed by atoms with van der Waals surface area (Å²) in [6.07, 6.45) is 27.4. The van der Waals surface area contributed by atoms with E-state index in [1.165, 1.54) is 148 Å². The minimum Gasteiger partial charge on any atom is -0.394 e. The zero-order valence-corrected chi connectivity index (χ0v) is 37.3. The highest BCUT2D eigenvalue weighted by Crippen LogP contribution is 2.23. The standard InChI is InChI=1S/C47H93NO10/c1-3-5-7-9-11-13-14-15-16-17-18-19-20-21-22-23-24-25-27-28-30-32-34-39(50)42(52)38(37-57-47-45(55)44(54)43(53)41(36-49)58-47)48-46(56)40(51)35-33-31-29-26-12-10-8-6-4-2/h38-45,47,49-55H,3-37H2,1-2H3,(H,48,56). The monoisotopic (exact) mass is 832 g/mol. The van der Waals surface area contributed by atoms with Crippen molar-refractivity contribution in [3.05, 3.63) is 0 Å². The smallest absolute Gasteiger partial charge is 0.249 e. The van der Waals surface area contributed by atoms with Crippen LogP contribution in [-0.2, 0) is 14.3 Å². The molecule has 1 amide bonds. The van der Waals surface area contributed by atoms with E-state index in [1.807, 2.05) is 0 Å². The fraction of sp³-hybridized carbons (Fsp3) is 0.979. The van der Waals surface area contributed by atoms with E-state index in [-0.39, 0.29) is 6.42 Å². The molecule has 8 N–H and O–H groups in total. The van der Waals surface area contributed by atoms with Crippen LogP contribution in [0.5, 0.6) is 0 Å². The highest BCUT2D eigenvalue weighted by atomic mass is 16.7. The maximum Gasteiger partial charge on any atom is 0.249 e. The summed E-state index contributed by atoms with van der Waals surface area (Å²) >= 11 is 0. The van der Waals surface area contributed by atoms with Crippen molar-refractivity contribution < 1.29 is 50.0 Å². The Kier molecular flexibility index (Phi) is 36.0. The topological polar surface area (TPSA) is 189 Å². The molecule has 11 heteroatoms. The first-order chi connectivity index (χ1) is 28.2. The van der Waals surface area contributed by atoms with Crippen LogP contribution in [0.15, 0.2) is 0 Å². The van der Waals surface area contributed by atoms with Gasteiger partial charge in [0.2, 0.25) is 5.91 Å². The molecule has 11 nitrogen and oxygen atoms in total. The molecule has 0 aliphatic carbocycles. The molecule has 0 saturated carbocycles. The molecule has 9 atom stereocenters. The fourth-order valence-electron chi connectivity index (χ4n) is 8.09. The number of carbonyl (C=O) groups excluding carboxylic acids is 1. The van der Waals surface area contributed by atoms with Gasteiger partial charge in [0.15, 0.2) is 6.29 Å². The number of carbonyl (C=O) groups is 1. The molecular formula is C47H93NO10. The Hall–Kier alpha value is -0.890. The molecule has 1 heterocycles. The molecule has 1 saturated heterocycles. The van der Waals surface area contributed by atoms with Crippen molar-refractivity contribution in [3.8, 4) is 0 Å². The van der Waals surface area contributed by atoms with Crippen LogP contribution in [0.25, 0.3) is 0 Å². The van der Waals surface area contributed by atoms with Crippen molar-refractivity contribution in [1.82, 2.24) is 5.32 Å². The van der Waals surface area contributed by atoms with Crippen molar-refractivity contribution in [1.29, 1.82) is 0 Å². The third-order valence-electron chi connectivity index (χ3n) is 12.2. The largest absolute Gasteiger partial charge is 0.394 e. The molecule has 0 aromatic rings. The van der Waals surface area contributed by atoms with Crippen LogP contribution in [0.1, 0.15) is 226 Å². The Bertz CT molecular complexity index is 913. The molecule has 1 rings (SSSR count). The van der Waals surface area contributed by atoms with E-state index in [0.717, 1.165) is 38.5 Å². The van der Waals surface area contributed by atoms with Gasteiger partial charge in [0.25, 0.3) is 0 Å². The quantitative estimate of drug-likeness (QED) is 0.0279. The molecule has 0 radical (unpaired) electrons. The number of unbranched alkanes of at least 4 members (excludes halogenated alkanes) is 29. The minimum absolute atomic E-state index is 0.264. The average Bonchev–Trinajstić information content (AvgIpc) is 3.22. The van der Waals surface area contributed by atoms with Crippen LogP contribution in [0.3, 0.4) is 0 Å². The van der Waals surface area contributed by atoms with E-state index in [1.54, 1.807) is 0 Å². The molecule has 1 aliphatic heterocycles. The lowest BCUT2D eigenvalue weighted by Crippen LogP contribution is -2.60. The van der Waals surface area contributed by atoms with E-state index in [2.05, 4.69) is 19.2 Å². The van der Waals surface area contributed by atoms with Crippen molar-refractivity contribution in [2.75, 3.05) is 13.2 Å². The first-order valence-corrected chi connectivity index (χ1v) is 24.4. The van der Waals surface area contributed by atoms with Crippen LogP contribution >= 0.6 is 0 Å². The fourth-order valence-corrected chi connectivity index (χ4v) is 8.09. The molecule has 0 aromatic heterocycles. The predicted molar refractivity (Wildman–Crippen MR) is 233 cm³/mol. The summed E-state index contributed by atoms with van der Waals surface area (Å²) < 4.78 is 11.1. The second-order valence-corrected chi connectivity index (χ2v) is 17.5. The summed E-state index contributed by atoms with van der Waals surface area (Å²) in [5, 5.41) is 75.6. The Morgan fingerprint density at radius 2 is 0.897 bits per heavy atom. The number of hydrogen-bond donors (Lipinski definition) is 8. The highest BCUT2D eigenvalue weighted by molar-refractivity contribution is 5.80. The third-order valence-corrected chi connectivity index (χ3v) is 12.2. The summed E-state index contributed by atoms with van der Waals surface area (Å²) in [6, 6.07) is -1.16. The van der Waals surface area contributed by atoms with Gasteiger partial charge in [-0.25, -0.2) is 0 Å². The van der Waals surface area contributed by atoms with Crippen LogP contribution in [0.2, 0.25) is 0 Å². The summed E-state index contributed by atoms with van der Waals surface area (Å²) in [4.78, 5) is 13.0. The molecule has 9 unspecified atom stereocenters. The van der Waals surface area contributed by atoms with Crippen molar-refractivity contribution >= 4 is 5.91 Å². The SMILES string of the molecule is CCCCCCCCCCCCCCCCCCCCCCCCC(O)C(O)C(COC1OC(CO)C(O)C(O)C1O)NC(=O)C(O)CCCCCCCCCCC. The van der Waals surface area contributed by atoms with Gasteiger partial charge in [-0.05, 0) is 12.8 Å². The first kappa shape index (κ1) is 55.1. The van der Waals surface area contributed by atoms with Crippen LogP contribution < -0.4 is 5.32 Å². The van der Waals surface area contributed by atoms with Crippen molar-refractivity contribution in [2.24, 2.45) is 0 Å². The van der Waals surface area contributed by atoms with Crippen molar-refractivity contribution in [2.45, 2.75) is 281 Å². The highest BCUT2D eigenvalue weighted by Gasteiger charge is 2.44. The lowest BCUT2D eigenvalue weighted by molar-refractivity contribution is -0.303. The summed E-state index contributed by atoms with van der Waals surface area (Å²) in [6.45, 7) is 3.43. The lowest BCUT2D eigenvalue weighted by atomic mass is 9.98. The third kappa shape index (κ3) is 27.1. The maximum atomic E-state index is 13.0. The lowest BCUT2D eigenvalue weighted by Gasteiger charge is -2.40. The van der Waals surface area contributed by atoms with Gasteiger partial charge in [-0.2, -0.15) is 0 Å². The Labute approximate surface area is 354 Å². The van der Waals surface area contributed by atoms with Gasteiger partial charge < -0.3 is 50.5 Å². The van der Waals surface area contributed by atoms with Gasteiger partial charge in [0.05, 0.1) is 25.4 Å². The van der Waals surface area contributed by atoms with Crippen molar-refractivity contribution in [3.63, 3.8) is 0 Å². The maximum absolute atomic E-state index is 13.0. The van der Waals surface area contributed by atoms with E-state index < -0.39 is 74.2 Å². The number of aliphatic hydroxyl groups excluding tert-OH is 7. The van der Waals surface area contributed by atoms with Gasteiger partial charge in [-0.15, -0.1) is 0 Å². The number of ether oxygens (including phenoxy) is 2. The number of aliphatic hydroxyl groups is 7. The second kappa shape index (κ2) is 37.8. The normalized spacial score (nSPS) is 21.8. The van der Waals surface area contributed by atoms with E-state index in [9.17, 15) is 40.5 Å². The van der Waals surface area contributed by atoms with E-state index in [0.29, 0.717) is 19.3 Å². The predicted octanol–water partition coefficient (Wildman–Crippen LogP) is 8.28.